The molecule has 5 heterocycles. The molecule has 0 radical (unpaired) electrons. The number of hydrogen-bond acceptors (Lipinski definition) is 10. The van der Waals surface area contributed by atoms with Gasteiger partial charge in [0.05, 0.1) is 11.6 Å². The van der Waals surface area contributed by atoms with Crippen molar-refractivity contribution in [3.05, 3.63) is 47.5 Å². The summed E-state index contributed by atoms with van der Waals surface area (Å²) in [7, 11) is 1.75. The molecule has 8 rings (SSSR count). The maximum atomic E-state index is 14.1. The van der Waals surface area contributed by atoms with E-state index in [1.54, 1.807) is 13.2 Å². The number of nitrogens with one attached hydrogen (secondary N) is 1. The second-order valence-electron chi connectivity index (χ2n) is 16.1. The van der Waals surface area contributed by atoms with Gasteiger partial charge in [-0.3, -0.25) is 9.69 Å². The average Bonchev–Trinajstić information content (AvgIpc) is 3.90. The molecule has 3 N–H and O–H groups in total. The number of aromatic nitrogens is 2. The van der Waals surface area contributed by atoms with Crippen molar-refractivity contribution in [1.82, 2.24) is 19.8 Å². The van der Waals surface area contributed by atoms with E-state index in [0.717, 1.165) is 56.3 Å². The van der Waals surface area contributed by atoms with Gasteiger partial charge in [0.2, 0.25) is 11.9 Å². The fourth-order valence-corrected chi connectivity index (χ4v) is 9.48. The van der Waals surface area contributed by atoms with Crippen molar-refractivity contribution in [1.29, 1.82) is 5.41 Å². The Kier molecular flexibility index (Phi) is 9.07. The number of nitrogen functional groups attached to an aromatic ring is 1. The van der Waals surface area contributed by atoms with Crippen LogP contribution in [0.2, 0.25) is 0 Å². The number of benzene rings is 2. The van der Waals surface area contributed by atoms with Gasteiger partial charge in [-0.15, -0.1) is 0 Å². The van der Waals surface area contributed by atoms with E-state index in [1.807, 2.05) is 17.9 Å². The van der Waals surface area contributed by atoms with Crippen molar-refractivity contribution in [3.63, 3.8) is 0 Å². The van der Waals surface area contributed by atoms with Crippen LogP contribution >= 0.6 is 0 Å². The molecule has 11 nitrogen and oxygen atoms in total. The first-order valence-electron chi connectivity index (χ1n) is 19.0. The second kappa shape index (κ2) is 13.4. The maximum absolute atomic E-state index is 14.1. The van der Waals surface area contributed by atoms with Crippen molar-refractivity contribution >= 4 is 40.5 Å². The molecule has 4 saturated heterocycles. The Hall–Kier alpha value is -4.43. The minimum atomic E-state index is -4.61. The molecule has 1 amide bonds. The molecule has 3 aromatic rings. The predicted molar refractivity (Wildman–Crippen MR) is 204 cm³/mol. The number of ether oxygens (including phenoxy) is 2. The van der Waals surface area contributed by atoms with Crippen LogP contribution in [-0.2, 0) is 9.53 Å². The number of rotatable bonds is 10. The van der Waals surface area contributed by atoms with E-state index in [-0.39, 0.29) is 34.6 Å². The third-order valence-corrected chi connectivity index (χ3v) is 12.6. The predicted octanol–water partition coefficient (Wildman–Crippen LogP) is 5.92. The van der Waals surface area contributed by atoms with Crippen molar-refractivity contribution in [2.45, 2.75) is 69.7 Å². The summed E-state index contributed by atoms with van der Waals surface area (Å²) in [5.41, 5.74) is 10.2. The number of amides is 1. The summed E-state index contributed by atoms with van der Waals surface area (Å²) in [6, 6.07) is 5.62. The van der Waals surface area contributed by atoms with Gasteiger partial charge >= 0.3 is 6.18 Å². The fourth-order valence-electron chi connectivity index (χ4n) is 9.48. The summed E-state index contributed by atoms with van der Waals surface area (Å²) in [5.74, 6) is 1.22. The third kappa shape index (κ3) is 6.24. The number of anilines is 3. The summed E-state index contributed by atoms with van der Waals surface area (Å²) in [5, 5.41) is 8.98. The van der Waals surface area contributed by atoms with Crippen LogP contribution in [-0.4, -0.2) is 116 Å². The minimum absolute atomic E-state index is 0.0237. The first-order valence-corrected chi connectivity index (χ1v) is 19.0. The molecule has 5 aliphatic rings. The number of nitrogens with zero attached hydrogens (tertiary/aromatic N) is 6. The Morgan fingerprint density at radius 2 is 1.83 bits per heavy atom. The van der Waals surface area contributed by atoms with E-state index >= 15 is 0 Å². The third-order valence-electron chi connectivity index (χ3n) is 12.6. The number of hydrogen-bond donors (Lipinski definition) is 2. The number of likely N-dealkylation sites (tertiary alicyclic amines) is 2. The Labute approximate surface area is 313 Å². The van der Waals surface area contributed by atoms with E-state index in [1.165, 1.54) is 12.3 Å². The molecule has 1 unspecified atom stereocenters. The zero-order valence-electron chi connectivity index (χ0n) is 31.3. The topological polar surface area (TPSA) is 124 Å². The van der Waals surface area contributed by atoms with E-state index in [9.17, 15) is 18.0 Å². The zero-order valence-corrected chi connectivity index (χ0v) is 31.3. The van der Waals surface area contributed by atoms with Crippen LogP contribution in [0.3, 0.4) is 0 Å². The number of alkyl halides is 3. The lowest BCUT2D eigenvalue weighted by atomic mass is 9.72. The average molecular weight is 747 g/mol. The molecule has 1 aliphatic carbocycles. The lowest BCUT2D eigenvalue weighted by Crippen LogP contribution is -2.68. The molecule has 14 heteroatoms. The van der Waals surface area contributed by atoms with Crippen LogP contribution in [0.5, 0.6) is 5.75 Å². The molecule has 4 aliphatic heterocycles. The van der Waals surface area contributed by atoms with Crippen molar-refractivity contribution < 1.29 is 27.4 Å². The smallest absolute Gasteiger partial charge is 0.422 e. The fraction of sp³-hybridized carbons (Fsp3) is 0.550. The summed E-state index contributed by atoms with van der Waals surface area (Å²) in [6.07, 6.45) is 2.39. The molecule has 2 aromatic carbocycles. The van der Waals surface area contributed by atoms with Gasteiger partial charge in [0.15, 0.2) is 12.4 Å². The van der Waals surface area contributed by atoms with Gasteiger partial charge in [0, 0.05) is 86.8 Å². The highest BCUT2D eigenvalue weighted by Crippen LogP contribution is 2.53. The number of carbonyl (C=O) groups is 1. The molecular weight excluding hydrogens is 697 g/mol. The largest absolute Gasteiger partial charge is 0.481 e. The Morgan fingerprint density at radius 1 is 1.11 bits per heavy atom. The van der Waals surface area contributed by atoms with Crippen LogP contribution in [0, 0.1) is 17.7 Å². The van der Waals surface area contributed by atoms with Gasteiger partial charge in [-0.1, -0.05) is 19.6 Å². The van der Waals surface area contributed by atoms with E-state index in [0.29, 0.717) is 84.3 Å². The molecule has 5 fully saturated rings. The van der Waals surface area contributed by atoms with E-state index in [4.69, 9.17) is 30.6 Å². The first-order chi connectivity index (χ1) is 25.8. The van der Waals surface area contributed by atoms with Crippen LogP contribution in [0.25, 0.3) is 22.0 Å². The van der Waals surface area contributed by atoms with Crippen molar-refractivity contribution in [2.24, 2.45) is 5.41 Å². The number of nitrogens with two attached hydrogens (primary N) is 1. The van der Waals surface area contributed by atoms with Crippen LogP contribution in [0.15, 0.2) is 30.9 Å². The summed E-state index contributed by atoms with van der Waals surface area (Å²) >= 11 is 0. The molecule has 54 heavy (non-hydrogen) atoms. The van der Waals surface area contributed by atoms with E-state index < -0.39 is 12.8 Å². The van der Waals surface area contributed by atoms with Gasteiger partial charge < -0.3 is 35.3 Å². The lowest BCUT2D eigenvalue weighted by molar-refractivity contribution is -0.153. The second-order valence-corrected chi connectivity index (χ2v) is 16.1. The number of halogens is 3. The molecular formula is C40H49F3N8O3. The monoisotopic (exact) mass is 746 g/mol. The Balaban J connectivity index is 1.29. The van der Waals surface area contributed by atoms with Crippen LogP contribution in [0.4, 0.5) is 30.6 Å². The lowest BCUT2D eigenvalue weighted by Gasteiger charge is -2.54. The van der Waals surface area contributed by atoms with Crippen molar-refractivity contribution in [3.8, 4) is 16.9 Å². The van der Waals surface area contributed by atoms with Gasteiger partial charge in [0.1, 0.15) is 11.3 Å². The van der Waals surface area contributed by atoms with Gasteiger partial charge in [-0.25, -0.2) is 4.98 Å². The van der Waals surface area contributed by atoms with Gasteiger partial charge in [-0.2, -0.15) is 18.2 Å². The first kappa shape index (κ1) is 36.5. The molecule has 288 valence electrons. The van der Waals surface area contributed by atoms with Gasteiger partial charge in [-0.05, 0) is 86.4 Å². The Bertz CT molecular complexity index is 1990. The van der Waals surface area contributed by atoms with Crippen LogP contribution in [0.1, 0.15) is 61.6 Å². The molecule has 1 saturated carbocycles. The number of fused-ring (bicyclic) bond motifs is 1. The Morgan fingerprint density at radius 3 is 2.44 bits per heavy atom. The quantitative estimate of drug-likeness (QED) is 0.148. The van der Waals surface area contributed by atoms with E-state index in [2.05, 4.69) is 34.3 Å². The number of carbonyl (C=O) groups excluding carboxylic acids is 1. The number of piperidine rings is 1. The van der Waals surface area contributed by atoms with Crippen molar-refractivity contribution in [2.75, 3.05) is 81.6 Å². The van der Waals surface area contributed by atoms with Crippen LogP contribution < -0.4 is 20.3 Å². The summed E-state index contributed by atoms with van der Waals surface area (Å²) in [6.45, 7) is 11.9. The highest BCUT2D eigenvalue weighted by atomic mass is 19.4. The number of aryl methyl sites for hydroxylation is 1. The zero-order chi connectivity index (χ0) is 38.2. The number of likely N-dealkylation sites (N-methyl/N-ethyl adjacent to an activating group) is 1. The van der Waals surface area contributed by atoms with Gasteiger partial charge in [0.25, 0.3) is 0 Å². The molecule has 1 aromatic heterocycles. The maximum Gasteiger partial charge on any atom is 0.422 e. The standard InChI is InChI=1S/C40H49F3N8O3/c1-5-31(52)49-19-38(20-49)11-13-48(14-12-38)36-28-15-27(25-8-9-25)33(32-24(3)7-10-30(45)29(32)17-44)35(54-23-40(41,42)43)34(28)46-37(47-36)50-21-39(22-50)16-26(53-4)18-51(39)6-2/h5,7,10,15,17,25-26,44H,1,6,8-9,11-14,16,18-23,45H2,2-4H3. The molecule has 1 atom stereocenters. The highest BCUT2D eigenvalue weighted by Gasteiger charge is 2.54. The SMILES string of the molecule is C=CC(=O)N1CC2(CCN(c3nc(N4CC5(CC(OC)CN5CC)C4)nc4c(OCC(F)(F)F)c(-c5c(C)ccc(N)c5C=N)c(C5CC5)cc34)CC2)C1. The molecule has 0 bridgehead atoms. The highest BCUT2D eigenvalue weighted by molar-refractivity contribution is 6.05. The summed E-state index contributed by atoms with van der Waals surface area (Å²) < 4.78 is 54.0. The summed E-state index contributed by atoms with van der Waals surface area (Å²) in [4.78, 5) is 31.3. The normalized spacial score (nSPS) is 22.1. The molecule has 2 spiro atoms. The minimum Gasteiger partial charge on any atom is -0.481 e. The number of methoxy groups -OCH3 is 1.